The van der Waals surface area contributed by atoms with Gasteiger partial charge in [0.2, 0.25) is 0 Å². The Kier molecular flexibility index (Phi) is 5.88. The SMILES string of the molecule is Cc1cc(C2C(c3ccccn3)NC(=S)N2Cc2ccco2)c(C)n1-c1cccc(C(F)(F)F)c1. The predicted octanol–water partition coefficient (Wildman–Crippen LogP) is 6.27. The van der Waals surface area contributed by atoms with Gasteiger partial charge in [0.15, 0.2) is 5.11 Å². The largest absolute Gasteiger partial charge is 0.467 e. The van der Waals surface area contributed by atoms with Crippen molar-refractivity contribution in [2.45, 2.75) is 38.7 Å². The molecule has 1 aliphatic rings. The molecule has 1 saturated heterocycles. The number of aryl methyl sites for hydroxylation is 1. The quantitative estimate of drug-likeness (QED) is 0.330. The lowest BCUT2D eigenvalue weighted by molar-refractivity contribution is -0.137. The van der Waals surface area contributed by atoms with Crippen LogP contribution in [0.5, 0.6) is 0 Å². The van der Waals surface area contributed by atoms with E-state index < -0.39 is 11.7 Å². The van der Waals surface area contributed by atoms with Gasteiger partial charge in [-0.25, -0.2) is 0 Å². The van der Waals surface area contributed by atoms with Crippen LogP contribution in [0.3, 0.4) is 0 Å². The molecule has 0 spiro atoms. The molecule has 4 heterocycles. The van der Waals surface area contributed by atoms with Crippen molar-refractivity contribution in [1.29, 1.82) is 0 Å². The Morgan fingerprint density at radius 1 is 1.06 bits per heavy atom. The number of hydrogen-bond donors (Lipinski definition) is 1. The number of thiocarbonyl (C=S) groups is 1. The lowest BCUT2D eigenvalue weighted by Crippen LogP contribution is -2.29. The summed E-state index contributed by atoms with van der Waals surface area (Å²) >= 11 is 5.72. The first kappa shape index (κ1) is 23.2. The zero-order valence-corrected chi connectivity index (χ0v) is 19.9. The van der Waals surface area contributed by atoms with Crippen molar-refractivity contribution >= 4 is 17.3 Å². The molecule has 1 aromatic carbocycles. The highest BCUT2D eigenvalue weighted by Gasteiger charge is 2.42. The Morgan fingerprint density at radius 2 is 1.89 bits per heavy atom. The van der Waals surface area contributed by atoms with Gasteiger partial charge in [0.1, 0.15) is 5.76 Å². The van der Waals surface area contributed by atoms with Gasteiger partial charge in [-0.05, 0) is 80.2 Å². The van der Waals surface area contributed by atoms with Crippen molar-refractivity contribution in [3.05, 3.63) is 107 Å². The van der Waals surface area contributed by atoms with E-state index in [1.807, 2.05) is 59.7 Å². The molecule has 0 radical (unpaired) electrons. The molecule has 2 atom stereocenters. The first-order valence-electron chi connectivity index (χ1n) is 11.1. The van der Waals surface area contributed by atoms with Gasteiger partial charge >= 0.3 is 6.18 Å². The molecule has 4 aromatic rings. The molecule has 9 heteroatoms. The molecule has 0 bridgehead atoms. The molecule has 1 N–H and O–H groups in total. The third-order valence-electron chi connectivity index (χ3n) is 6.32. The maximum absolute atomic E-state index is 13.4. The summed E-state index contributed by atoms with van der Waals surface area (Å²) in [6.45, 7) is 4.26. The second-order valence-electron chi connectivity index (χ2n) is 8.54. The van der Waals surface area contributed by atoms with Gasteiger partial charge in [0, 0.05) is 23.3 Å². The summed E-state index contributed by atoms with van der Waals surface area (Å²) in [4.78, 5) is 6.60. The fourth-order valence-corrected chi connectivity index (χ4v) is 5.10. The van der Waals surface area contributed by atoms with E-state index in [4.69, 9.17) is 16.6 Å². The summed E-state index contributed by atoms with van der Waals surface area (Å²) in [5, 5.41) is 3.96. The van der Waals surface area contributed by atoms with Gasteiger partial charge in [0.05, 0.1) is 36.1 Å². The lowest BCUT2D eigenvalue weighted by atomic mass is 9.96. The highest BCUT2D eigenvalue weighted by Crippen LogP contribution is 2.42. The molecule has 5 nitrogen and oxygen atoms in total. The second kappa shape index (κ2) is 8.88. The smallest absolute Gasteiger partial charge is 0.416 e. The Hall–Kier alpha value is -3.59. The fourth-order valence-electron chi connectivity index (χ4n) is 4.79. The van der Waals surface area contributed by atoms with Crippen molar-refractivity contribution in [3.8, 4) is 5.69 Å². The Labute approximate surface area is 206 Å². The number of nitrogens with zero attached hydrogens (tertiary/aromatic N) is 3. The standard InChI is InChI=1S/C26H23F3N4OS/c1-16-13-21(17(2)33(16)19-8-5-7-18(14-19)26(27,28)29)24-23(22-10-3-4-11-30-22)31-25(35)32(24)15-20-9-6-12-34-20/h3-14,23-24H,15H2,1-2H3,(H,31,35). The van der Waals surface area contributed by atoms with Crippen molar-refractivity contribution in [2.24, 2.45) is 0 Å². The van der Waals surface area contributed by atoms with E-state index >= 15 is 0 Å². The average molecular weight is 497 g/mol. The highest BCUT2D eigenvalue weighted by atomic mass is 32.1. The molecular formula is C26H23F3N4OS. The average Bonchev–Trinajstić information content (AvgIpc) is 3.53. The Morgan fingerprint density at radius 3 is 2.57 bits per heavy atom. The van der Waals surface area contributed by atoms with Crippen LogP contribution in [-0.4, -0.2) is 19.6 Å². The fraction of sp³-hybridized carbons (Fsp3) is 0.231. The molecule has 1 aliphatic heterocycles. The van der Waals surface area contributed by atoms with Gasteiger partial charge in [-0.15, -0.1) is 0 Å². The van der Waals surface area contributed by atoms with E-state index in [1.54, 1.807) is 18.5 Å². The second-order valence-corrected chi connectivity index (χ2v) is 8.93. The number of pyridine rings is 1. The van der Waals surface area contributed by atoms with Crippen molar-refractivity contribution < 1.29 is 17.6 Å². The summed E-state index contributed by atoms with van der Waals surface area (Å²) in [6, 6.07) is 16.3. The molecular weight excluding hydrogens is 473 g/mol. The van der Waals surface area contributed by atoms with Crippen LogP contribution in [0.25, 0.3) is 5.69 Å². The van der Waals surface area contributed by atoms with Crippen LogP contribution in [0.2, 0.25) is 0 Å². The summed E-state index contributed by atoms with van der Waals surface area (Å²) < 4.78 is 47.6. The molecule has 5 rings (SSSR count). The first-order chi connectivity index (χ1) is 16.7. The van der Waals surface area contributed by atoms with Crippen LogP contribution in [-0.2, 0) is 12.7 Å². The minimum Gasteiger partial charge on any atom is -0.467 e. The Bertz CT molecular complexity index is 1350. The van der Waals surface area contributed by atoms with Gasteiger partial charge in [-0.2, -0.15) is 13.2 Å². The summed E-state index contributed by atoms with van der Waals surface area (Å²) in [5.41, 5.74) is 3.22. The topological polar surface area (TPSA) is 46.2 Å². The summed E-state index contributed by atoms with van der Waals surface area (Å²) in [7, 11) is 0. The number of alkyl halides is 3. The number of halogens is 3. The molecule has 0 saturated carbocycles. The number of hydrogen-bond acceptors (Lipinski definition) is 3. The van der Waals surface area contributed by atoms with E-state index in [0.717, 1.165) is 34.5 Å². The normalized spacial score (nSPS) is 18.2. The van der Waals surface area contributed by atoms with Crippen LogP contribution in [0, 0.1) is 13.8 Å². The van der Waals surface area contributed by atoms with E-state index in [2.05, 4.69) is 10.3 Å². The number of furan rings is 1. The van der Waals surface area contributed by atoms with Gasteiger partial charge in [0.25, 0.3) is 0 Å². The Balaban J connectivity index is 1.62. The minimum atomic E-state index is -4.42. The first-order valence-corrected chi connectivity index (χ1v) is 11.5. The third kappa shape index (κ3) is 4.32. The monoisotopic (exact) mass is 496 g/mol. The van der Waals surface area contributed by atoms with E-state index in [1.165, 1.54) is 12.1 Å². The zero-order chi connectivity index (χ0) is 24.7. The van der Waals surface area contributed by atoms with Gasteiger partial charge < -0.3 is 19.2 Å². The van der Waals surface area contributed by atoms with Crippen LogP contribution in [0.15, 0.2) is 77.5 Å². The number of rotatable bonds is 5. The number of benzene rings is 1. The molecule has 3 aromatic heterocycles. The van der Waals surface area contributed by atoms with E-state index in [0.29, 0.717) is 17.3 Å². The van der Waals surface area contributed by atoms with Gasteiger partial charge in [-0.1, -0.05) is 12.1 Å². The van der Waals surface area contributed by atoms with E-state index in [9.17, 15) is 13.2 Å². The highest BCUT2D eigenvalue weighted by molar-refractivity contribution is 7.80. The van der Waals surface area contributed by atoms with Gasteiger partial charge in [-0.3, -0.25) is 4.98 Å². The molecule has 0 aliphatic carbocycles. The van der Waals surface area contributed by atoms with Crippen LogP contribution >= 0.6 is 12.2 Å². The summed E-state index contributed by atoms with van der Waals surface area (Å²) in [5.74, 6) is 0.757. The van der Waals surface area contributed by atoms with Crippen LogP contribution in [0.4, 0.5) is 13.2 Å². The predicted molar refractivity (Wildman–Crippen MR) is 130 cm³/mol. The molecule has 35 heavy (non-hydrogen) atoms. The maximum Gasteiger partial charge on any atom is 0.416 e. The molecule has 0 amide bonds. The number of aromatic nitrogens is 2. The molecule has 2 unspecified atom stereocenters. The minimum absolute atomic E-state index is 0.242. The zero-order valence-electron chi connectivity index (χ0n) is 19.1. The lowest BCUT2D eigenvalue weighted by Gasteiger charge is -2.27. The van der Waals surface area contributed by atoms with Crippen molar-refractivity contribution in [3.63, 3.8) is 0 Å². The maximum atomic E-state index is 13.4. The van der Waals surface area contributed by atoms with Crippen LogP contribution < -0.4 is 5.32 Å². The molecule has 180 valence electrons. The number of nitrogens with one attached hydrogen (secondary N) is 1. The molecule has 1 fully saturated rings. The van der Waals surface area contributed by atoms with Crippen LogP contribution in [0.1, 0.15) is 46.1 Å². The van der Waals surface area contributed by atoms with Crippen molar-refractivity contribution in [1.82, 2.24) is 19.8 Å². The summed E-state index contributed by atoms with van der Waals surface area (Å²) in [6.07, 6.45) is -1.07. The third-order valence-corrected chi connectivity index (χ3v) is 6.68. The van der Waals surface area contributed by atoms with E-state index in [-0.39, 0.29) is 12.1 Å². The van der Waals surface area contributed by atoms with Crippen molar-refractivity contribution in [2.75, 3.05) is 0 Å².